The maximum Gasteiger partial charge on any atom is 0.0532 e. The van der Waals surface area contributed by atoms with Crippen molar-refractivity contribution >= 4 is 24.0 Å². The fraction of sp³-hybridized carbons (Fsp3) is 1.00. The Balaban J connectivity index is 0. The molecule has 0 aromatic rings. The molecule has 0 aromatic carbocycles. The smallest absolute Gasteiger partial charge is 0.0532 e. The second kappa shape index (κ2) is 6.50. The molecule has 0 fully saturated rings. The van der Waals surface area contributed by atoms with Gasteiger partial charge >= 0.3 is 0 Å². The summed E-state index contributed by atoms with van der Waals surface area (Å²) < 4.78 is 0. The van der Waals surface area contributed by atoms with E-state index in [4.69, 9.17) is 23.1 Å². The molecule has 0 radical (unpaired) electrons. The van der Waals surface area contributed by atoms with Gasteiger partial charge in [0.15, 0.2) is 0 Å². The molecule has 0 spiro atoms. The summed E-state index contributed by atoms with van der Waals surface area (Å²) in [5.74, 6) is 0.553. The maximum atomic E-state index is 5.24. The van der Waals surface area contributed by atoms with Gasteiger partial charge in [0, 0.05) is 5.88 Å². The highest BCUT2D eigenvalue weighted by Gasteiger charge is 1.86. The number of hydrogen-bond donors (Lipinski definition) is 2. The number of halogens is 2. The molecule has 4 N–H and O–H groups in total. The number of hydrogen-bond acceptors (Lipinski definition) is 2. The fourth-order valence-corrected chi connectivity index (χ4v) is 0.378. The molecule has 7 heavy (non-hydrogen) atoms. The largest absolute Gasteiger partial charge is 0.316 e. The van der Waals surface area contributed by atoms with Crippen LogP contribution in [0.25, 0.3) is 0 Å². The van der Waals surface area contributed by atoms with Crippen molar-refractivity contribution in [1.82, 2.24) is 0 Å². The normalized spacial score (nSPS) is 8.57. The second-order valence-electron chi connectivity index (χ2n) is 1.14. The molecule has 0 rings (SSSR count). The topological polar surface area (TPSA) is 52.0 Å². The minimum absolute atomic E-state index is 0. The Kier molecular flexibility index (Phi) is 9.73. The van der Waals surface area contributed by atoms with Crippen LogP contribution in [0.1, 0.15) is 6.42 Å². The van der Waals surface area contributed by atoms with E-state index >= 15 is 0 Å². The third-order valence-corrected chi connectivity index (χ3v) is 0.661. The van der Waals surface area contributed by atoms with Crippen LogP contribution in [0.15, 0.2) is 0 Å². The van der Waals surface area contributed by atoms with Crippen molar-refractivity contribution in [2.45, 2.75) is 12.6 Å². The van der Waals surface area contributed by atoms with E-state index in [0.717, 1.165) is 0 Å². The van der Waals surface area contributed by atoms with Gasteiger partial charge in [0.25, 0.3) is 0 Å². The van der Waals surface area contributed by atoms with Crippen molar-refractivity contribution in [2.24, 2.45) is 11.5 Å². The molecule has 0 unspecified atom stereocenters. The fourth-order valence-electron chi connectivity index (χ4n) is 0.126. The van der Waals surface area contributed by atoms with Crippen LogP contribution in [0.2, 0.25) is 0 Å². The van der Waals surface area contributed by atoms with Crippen molar-refractivity contribution in [2.75, 3.05) is 5.88 Å². The van der Waals surface area contributed by atoms with E-state index in [2.05, 4.69) is 0 Å². The van der Waals surface area contributed by atoms with Crippen LogP contribution in [-0.4, -0.2) is 12.0 Å². The van der Waals surface area contributed by atoms with Crippen molar-refractivity contribution < 1.29 is 0 Å². The summed E-state index contributed by atoms with van der Waals surface area (Å²) in [4.78, 5) is 0. The monoisotopic (exact) mass is 144 g/mol. The van der Waals surface area contributed by atoms with E-state index in [9.17, 15) is 0 Å². The Morgan fingerprint density at radius 2 is 1.86 bits per heavy atom. The lowest BCUT2D eigenvalue weighted by molar-refractivity contribution is 0.686. The van der Waals surface area contributed by atoms with E-state index in [1.54, 1.807) is 0 Å². The van der Waals surface area contributed by atoms with Gasteiger partial charge in [-0.25, -0.2) is 0 Å². The molecule has 0 aliphatic rings. The van der Waals surface area contributed by atoms with Gasteiger partial charge in [0.2, 0.25) is 0 Å². The van der Waals surface area contributed by atoms with Crippen LogP contribution in [-0.2, 0) is 0 Å². The quantitative estimate of drug-likeness (QED) is 0.433. The number of alkyl halides is 1. The first-order valence-electron chi connectivity index (χ1n) is 1.84. The Morgan fingerprint density at radius 1 is 1.43 bits per heavy atom. The summed E-state index contributed by atoms with van der Waals surface area (Å²) in [6, 6.07) is 0. The average Bonchev–Trinajstić information content (AvgIpc) is 1.35. The molecule has 0 amide bonds. The predicted molar refractivity (Wildman–Crippen MR) is 34.7 cm³/mol. The molecule has 46 valence electrons. The van der Waals surface area contributed by atoms with Gasteiger partial charge in [-0.3, -0.25) is 0 Å². The molecule has 0 heterocycles. The van der Waals surface area contributed by atoms with E-state index < -0.39 is 0 Å². The zero-order valence-corrected chi connectivity index (χ0v) is 5.50. The van der Waals surface area contributed by atoms with Gasteiger partial charge in [0.05, 0.1) is 6.17 Å². The Bertz CT molecular complexity index is 32.1. The molecule has 0 aliphatic carbocycles. The second-order valence-corrected chi connectivity index (χ2v) is 1.52. The van der Waals surface area contributed by atoms with Gasteiger partial charge in [-0.05, 0) is 6.42 Å². The van der Waals surface area contributed by atoms with Crippen molar-refractivity contribution in [3.8, 4) is 0 Å². The lowest BCUT2D eigenvalue weighted by Gasteiger charge is -1.96. The summed E-state index contributed by atoms with van der Waals surface area (Å²) in [6.45, 7) is 0. The zero-order chi connectivity index (χ0) is 4.99. The Labute approximate surface area is 54.6 Å². The van der Waals surface area contributed by atoms with E-state index in [0.29, 0.717) is 12.3 Å². The van der Waals surface area contributed by atoms with Gasteiger partial charge in [-0.1, -0.05) is 0 Å². The van der Waals surface area contributed by atoms with Crippen molar-refractivity contribution in [1.29, 1.82) is 0 Å². The summed E-state index contributed by atoms with van der Waals surface area (Å²) >= 11 is 5.24. The molecule has 0 atom stereocenters. The Morgan fingerprint density at radius 3 is 1.86 bits per heavy atom. The zero-order valence-electron chi connectivity index (χ0n) is 3.93. The lowest BCUT2D eigenvalue weighted by Crippen LogP contribution is -2.30. The molecule has 2 nitrogen and oxygen atoms in total. The molecule has 0 aromatic heterocycles. The third-order valence-electron chi connectivity index (χ3n) is 0.442. The molecule has 0 saturated heterocycles. The lowest BCUT2D eigenvalue weighted by atomic mass is 10.4. The van der Waals surface area contributed by atoms with Crippen LogP contribution < -0.4 is 11.5 Å². The molecule has 0 bridgehead atoms. The Hall–Kier alpha value is 0.500. The van der Waals surface area contributed by atoms with Crippen LogP contribution in [0.5, 0.6) is 0 Å². The molecular formula is C3H10Cl2N2. The number of nitrogens with two attached hydrogens (primary N) is 2. The predicted octanol–water partition coefficient (Wildman–Crippen LogP) is 0.281. The van der Waals surface area contributed by atoms with Gasteiger partial charge in [-0.2, -0.15) is 0 Å². The van der Waals surface area contributed by atoms with Crippen LogP contribution >= 0.6 is 24.0 Å². The summed E-state index contributed by atoms with van der Waals surface area (Å²) in [7, 11) is 0. The van der Waals surface area contributed by atoms with Crippen LogP contribution in [0.4, 0.5) is 0 Å². The van der Waals surface area contributed by atoms with Crippen LogP contribution in [0.3, 0.4) is 0 Å². The highest BCUT2D eigenvalue weighted by molar-refractivity contribution is 6.17. The highest BCUT2D eigenvalue weighted by atomic mass is 35.5. The molecule has 0 saturated carbocycles. The highest BCUT2D eigenvalue weighted by Crippen LogP contribution is 1.81. The molecule has 0 aliphatic heterocycles. The summed E-state index contributed by atoms with van der Waals surface area (Å²) in [5.41, 5.74) is 10.2. The number of rotatable bonds is 2. The van der Waals surface area contributed by atoms with Crippen molar-refractivity contribution in [3.05, 3.63) is 0 Å². The first-order valence-corrected chi connectivity index (χ1v) is 2.38. The van der Waals surface area contributed by atoms with E-state index in [1.165, 1.54) is 0 Å². The molecular weight excluding hydrogens is 135 g/mol. The molecule has 4 heteroatoms. The van der Waals surface area contributed by atoms with Gasteiger partial charge < -0.3 is 11.5 Å². The SMILES string of the molecule is Cl.NC(N)CCCl. The summed E-state index contributed by atoms with van der Waals surface area (Å²) in [6.07, 6.45) is 0.462. The van der Waals surface area contributed by atoms with Crippen LogP contribution in [0, 0.1) is 0 Å². The third kappa shape index (κ3) is 10.7. The van der Waals surface area contributed by atoms with Gasteiger partial charge in [0.1, 0.15) is 0 Å². The summed E-state index contributed by atoms with van der Waals surface area (Å²) in [5, 5.41) is 0. The van der Waals surface area contributed by atoms with Crippen molar-refractivity contribution in [3.63, 3.8) is 0 Å². The van der Waals surface area contributed by atoms with E-state index in [-0.39, 0.29) is 18.6 Å². The minimum Gasteiger partial charge on any atom is -0.316 e. The standard InChI is InChI=1S/C3H9ClN2.ClH/c4-2-1-3(5)6;/h3H,1-2,5-6H2;1H. The van der Waals surface area contributed by atoms with E-state index in [1.807, 2.05) is 0 Å². The van der Waals surface area contributed by atoms with Gasteiger partial charge in [-0.15, -0.1) is 24.0 Å². The first kappa shape index (κ1) is 10.5. The average molecular weight is 145 g/mol. The minimum atomic E-state index is -0.234. The first-order chi connectivity index (χ1) is 2.77. The maximum absolute atomic E-state index is 5.24.